The number of hydrogen-bond acceptors (Lipinski definition) is 5. The largest absolute Gasteiger partial charge is 0.496 e. The summed E-state index contributed by atoms with van der Waals surface area (Å²) in [4.78, 5) is 22.1. The van der Waals surface area contributed by atoms with Crippen molar-refractivity contribution in [2.45, 2.75) is 6.61 Å². The zero-order valence-corrected chi connectivity index (χ0v) is 9.06. The first kappa shape index (κ1) is 11.4. The maximum absolute atomic E-state index is 11.4. The Labute approximate surface area is 96.7 Å². The average Bonchev–Trinajstić information content (AvgIpc) is 2.36. The molecule has 0 spiro atoms. The predicted molar refractivity (Wildman–Crippen MR) is 55.2 cm³/mol. The molecule has 1 N–H and O–H groups in total. The minimum absolute atomic E-state index is 0.0272. The highest BCUT2D eigenvalue weighted by Crippen LogP contribution is 2.31. The van der Waals surface area contributed by atoms with Crippen LogP contribution in [-0.2, 0) is 16.1 Å². The number of hydrogen-bond donors (Lipinski definition) is 1. The van der Waals surface area contributed by atoms with Gasteiger partial charge in [-0.15, -0.1) is 0 Å². The second kappa shape index (κ2) is 4.42. The molecule has 0 atom stereocenters. The summed E-state index contributed by atoms with van der Waals surface area (Å²) in [5, 5.41) is 8.69. The minimum atomic E-state index is -1.53. The number of carbonyl (C=O) groups is 2. The number of ether oxygens (including phenoxy) is 3. The molecule has 0 aromatic heterocycles. The standard InChI is InChI=1S/C11H10O6/c1-15-9-2-6-4-16-5-17-8(6)3-7(9)10(12)11(13)14/h2-3H,4-5H2,1H3,(H,13,14). The van der Waals surface area contributed by atoms with Gasteiger partial charge in [0.2, 0.25) is 0 Å². The third-order valence-corrected chi connectivity index (χ3v) is 2.38. The van der Waals surface area contributed by atoms with E-state index < -0.39 is 11.8 Å². The van der Waals surface area contributed by atoms with Crippen LogP contribution in [0, 0.1) is 0 Å². The van der Waals surface area contributed by atoms with Crippen LogP contribution in [0.25, 0.3) is 0 Å². The van der Waals surface area contributed by atoms with Crippen LogP contribution >= 0.6 is 0 Å². The van der Waals surface area contributed by atoms with Crippen molar-refractivity contribution in [2.75, 3.05) is 13.9 Å². The molecule has 90 valence electrons. The number of rotatable bonds is 3. The van der Waals surface area contributed by atoms with Gasteiger partial charge in [-0.1, -0.05) is 0 Å². The first-order valence-corrected chi connectivity index (χ1v) is 4.82. The fourth-order valence-electron chi connectivity index (χ4n) is 1.57. The van der Waals surface area contributed by atoms with Crippen molar-refractivity contribution in [1.82, 2.24) is 0 Å². The number of carbonyl (C=O) groups excluding carboxylic acids is 1. The Balaban J connectivity index is 2.50. The van der Waals surface area contributed by atoms with E-state index >= 15 is 0 Å². The molecule has 0 radical (unpaired) electrons. The summed E-state index contributed by atoms with van der Waals surface area (Å²) in [7, 11) is 1.37. The fourth-order valence-corrected chi connectivity index (χ4v) is 1.57. The zero-order valence-electron chi connectivity index (χ0n) is 9.06. The number of benzene rings is 1. The average molecular weight is 238 g/mol. The van der Waals surface area contributed by atoms with Crippen molar-refractivity contribution in [1.29, 1.82) is 0 Å². The topological polar surface area (TPSA) is 82.1 Å². The van der Waals surface area contributed by atoms with Crippen molar-refractivity contribution in [3.63, 3.8) is 0 Å². The van der Waals surface area contributed by atoms with E-state index in [1.165, 1.54) is 13.2 Å². The normalized spacial score (nSPS) is 13.5. The lowest BCUT2D eigenvalue weighted by atomic mass is 10.1. The molecule has 0 amide bonds. The third kappa shape index (κ3) is 2.07. The Hall–Kier alpha value is -2.08. The Morgan fingerprint density at radius 2 is 2.18 bits per heavy atom. The lowest BCUT2D eigenvalue weighted by molar-refractivity contribution is -0.131. The van der Waals surface area contributed by atoms with E-state index in [4.69, 9.17) is 19.3 Å². The molecule has 0 unspecified atom stereocenters. The number of fused-ring (bicyclic) bond motifs is 1. The molecule has 1 aromatic carbocycles. The van der Waals surface area contributed by atoms with Crippen LogP contribution in [0.3, 0.4) is 0 Å². The van der Waals surface area contributed by atoms with Gasteiger partial charge in [0.1, 0.15) is 11.5 Å². The van der Waals surface area contributed by atoms with E-state index in [0.717, 1.165) is 5.56 Å². The van der Waals surface area contributed by atoms with Crippen LogP contribution in [0.5, 0.6) is 11.5 Å². The SMILES string of the molecule is COc1cc2c(cc1C(=O)C(=O)O)OCOC2. The minimum Gasteiger partial charge on any atom is -0.496 e. The van der Waals surface area contributed by atoms with Crippen LogP contribution in [0.2, 0.25) is 0 Å². The number of aliphatic carboxylic acids is 1. The van der Waals surface area contributed by atoms with Gasteiger partial charge in [-0.25, -0.2) is 4.79 Å². The monoisotopic (exact) mass is 238 g/mol. The number of ketones is 1. The Morgan fingerprint density at radius 1 is 1.41 bits per heavy atom. The molecule has 1 aromatic rings. The Kier molecular flexibility index (Phi) is 2.97. The number of Topliss-reactive ketones (excluding diaryl/α,β-unsaturated/α-hetero) is 1. The highest BCUT2D eigenvalue weighted by atomic mass is 16.7. The van der Waals surface area contributed by atoms with Crippen molar-refractivity contribution < 1.29 is 28.9 Å². The van der Waals surface area contributed by atoms with Gasteiger partial charge in [0.25, 0.3) is 5.78 Å². The van der Waals surface area contributed by atoms with Gasteiger partial charge >= 0.3 is 5.97 Å². The molecule has 1 aliphatic heterocycles. The molecular formula is C11H10O6. The smallest absolute Gasteiger partial charge is 0.377 e. The maximum atomic E-state index is 11.4. The number of methoxy groups -OCH3 is 1. The van der Waals surface area contributed by atoms with E-state index in [1.807, 2.05) is 0 Å². The second-order valence-electron chi connectivity index (χ2n) is 3.41. The number of carboxylic acids is 1. The van der Waals surface area contributed by atoms with Gasteiger partial charge in [0, 0.05) is 5.56 Å². The summed E-state index contributed by atoms with van der Waals surface area (Å²) in [6.07, 6.45) is 0. The fraction of sp³-hybridized carbons (Fsp3) is 0.273. The van der Waals surface area contributed by atoms with Crippen molar-refractivity contribution in [3.05, 3.63) is 23.3 Å². The predicted octanol–water partition coefficient (Wildman–Crippen LogP) is 0.829. The molecular weight excluding hydrogens is 228 g/mol. The maximum Gasteiger partial charge on any atom is 0.377 e. The van der Waals surface area contributed by atoms with Gasteiger partial charge < -0.3 is 19.3 Å². The van der Waals surface area contributed by atoms with Gasteiger partial charge in [-0.2, -0.15) is 0 Å². The quantitative estimate of drug-likeness (QED) is 0.620. The summed E-state index contributed by atoms with van der Waals surface area (Å²) in [5.41, 5.74) is 0.690. The summed E-state index contributed by atoms with van der Waals surface area (Å²) in [6.45, 7) is 0.424. The molecule has 0 fully saturated rings. The van der Waals surface area contributed by atoms with Gasteiger partial charge in [0.15, 0.2) is 6.79 Å². The van der Waals surface area contributed by atoms with Crippen molar-refractivity contribution >= 4 is 11.8 Å². The molecule has 0 saturated heterocycles. The van der Waals surface area contributed by atoms with E-state index in [-0.39, 0.29) is 18.1 Å². The summed E-state index contributed by atoms with van der Waals surface area (Å²) in [6, 6.07) is 2.91. The van der Waals surface area contributed by atoms with Crippen molar-refractivity contribution in [2.24, 2.45) is 0 Å². The zero-order chi connectivity index (χ0) is 12.4. The van der Waals surface area contributed by atoms with Crippen LogP contribution in [0.4, 0.5) is 0 Å². The highest BCUT2D eigenvalue weighted by molar-refractivity contribution is 6.40. The second-order valence-corrected chi connectivity index (χ2v) is 3.41. The molecule has 2 rings (SSSR count). The molecule has 1 aliphatic rings. The molecule has 17 heavy (non-hydrogen) atoms. The van der Waals surface area contributed by atoms with E-state index in [2.05, 4.69) is 0 Å². The highest BCUT2D eigenvalue weighted by Gasteiger charge is 2.23. The van der Waals surface area contributed by atoms with Gasteiger partial charge in [-0.3, -0.25) is 4.79 Å². The lowest BCUT2D eigenvalue weighted by Crippen LogP contribution is -2.17. The van der Waals surface area contributed by atoms with Crippen LogP contribution in [0.15, 0.2) is 12.1 Å². The molecule has 1 heterocycles. The van der Waals surface area contributed by atoms with Crippen LogP contribution in [-0.4, -0.2) is 30.8 Å². The van der Waals surface area contributed by atoms with E-state index in [1.54, 1.807) is 6.07 Å². The van der Waals surface area contributed by atoms with Gasteiger partial charge in [0.05, 0.1) is 19.3 Å². The molecule has 6 heteroatoms. The number of carboxylic acid groups (broad SMARTS) is 1. The first-order valence-electron chi connectivity index (χ1n) is 4.82. The van der Waals surface area contributed by atoms with Crippen molar-refractivity contribution in [3.8, 4) is 11.5 Å². The molecule has 0 bridgehead atoms. The van der Waals surface area contributed by atoms with Crippen LogP contribution < -0.4 is 9.47 Å². The van der Waals surface area contributed by atoms with E-state index in [0.29, 0.717) is 12.4 Å². The third-order valence-electron chi connectivity index (χ3n) is 2.38. The van der Waals surface area contributed by atoms with Gasteiger partial charge in [-0.05, 0) is 12.1 Å². The first-order chi connectivity index (χ1) is 8.13. The molecule has 0 aliphatic carbocycles. The molecule has 0 saturated carbocycles. The van der Waals surface area contributed by atoms with Crippen LogP contribution in [0.1, 0.15) is 15.9 Å². The summed E-state index contributed by atoms with van der Waals surface area (Å²) < 4.78 is 15.2. The molecule has 6 nitrogen and oxygen atoms in total. The Bertz CT molecular complexity index is 479. The lowest BCUT2D eigenvalue weighted by Gasteiger charge is -2.19. The Morgan fingerprint density at radius 3 is 2.82 bits per heavy atom. The summed E-state index contributed by atoms with van der Waals surface area (Å²) in [5.74, 6) is -1.91. The van der Waals surface area contributed by atoms with E-state index in [9.17, 15) is 9.59 Å². The summed E-state index contributed by atoms with van der Waals surface area (Å²) >= 11 is 0.